The first-order chi connectivity index (χ1) is 6.16. The van der Waals surface area contributed by atoms with Gasteiger partial charge in [0.2, 0.25) is 0 Å². The highest BCUT2D eigenvalue weighted by molar-refractivity contribution is 9.13. The van der Waals surface area contributed by atoms with E-state index in [-0.39, 0.29) is 0 Å². The maximum absolute atomic E-state index is 3.53. The third-order valence-corrected chi connectivity index (χ3v) is 5.60. The van der Waals surface area contributed by atoms with E-state index in [0.717, 1.165) is 23.0 Å². The van der Waals surface area contributed by atoms with Crippen molar-refractivity contribution < 1.29 is 0 Å². The molecule has 1 aromatic heterocycles. The normalized spacial score (nSPS) is 26.4. The van der Waals surface area contributed by atoms with E-state index in [0.29, 0.717) is 0 Å². The van der Waals surface area contributed by atoms with Gasteiger partial charge in [0.25, 0.3) is 0 Å². The summed E-state index contributed by atoms with van der Waals surface area (Å²) in [5.74, 6) is 0.881. The van der Waals surface area contributed by atoms with E-state index in [1.165, 1.54) is 15.1 Å². The summed E-state index contributed by atoms with van der Waals surface area (Å²) in [7, 11) is 0. The van der Waals surface area contributed by atoms with Crippen molar-refractivity contribution >= 4 is 43.2 Å². The van der Waals surface area contributed by atoms with Gasteiger partial charge in [0.15, 0.2) is 0 Å². The Kier molecular flexibility index (Phi) is 3.13. The second kappa shape index (κ2) is 4.01. The van der Waals surface area contributed by atoms with Gasteiger partial charge in [-0.3, -0.25) is 0 Å². The summed E-state index contributed by atoms with van der Waals surface area (Å²) in [6.45, 7) is 3.29. The minimum absolute atomic E-state index is 0.764. The Morgan fingerprint density at radius 2 is 2.31 bits per heavy atom. The van der Waals surface area contributed by atoms with Gasteiger partial charge < -0.3 is 5.32 Å². The molecule has 1 aliphatic carbocycles. The molecule has 0 radical (unpaired) electrons. The van der Waals surface area contributed by atoms with Gasteiger partial charge in [0.05, 0.1) is 3.79 Å². The molecule has 1 saturated carbocycles. The molecule has 1 aromatic rings. The highest BCUT2D eigenvalue weighted by Crippen LogP contribution is 2.34. The highest BCUT2D eigenvalue weighted by atomic mass is 79.9. The zero-order valence-corrected chi connectivity index (χ0v) is 11.3. The summed E-state index contributed by atoms with van der Waals surface area (Å²) >= 11 is 8.77. The largest absolute Gasteiger partial charge is 0.309 e. The van der Waals surface area contributed by atoms with Crippen LogP contribution in [0.15, 0.2) is 14.3 Å². The molecule has 1 aliphatic rings. The lowest BCUT2D eigenvalue weighted by atomic mass is 10.4. The van der Waals surface area contributed by atoms with Crippen LogP contribution in [0.25, 0.3) is 0 Å². The van der Waals surface area contributed by atoms with Crippen LogP contribution in [0.2, 0.25) is 0 Å². The molecule has 2 unspecified atom stereocenters. The molecule has 1 heterocycles. The molecule has 2 atom stereocenters. The van der Waals surface area contributed by atoms with E-state index in [1.54, 1.807) is 11.3 Å². The molecule has 0 aliphatic heterocycles. The summed E-state index contributed by atoms with van der Waals surface area (Å²) < 4.78 is 2.35. The topological polar surface area (TPSA) is 12.0 Å². The first-order valence-electron chi connectivity index (χ1n) is 4.34. The van der Waals surface area contributed by atoms with Crippen LogP contribution >= 0.6 is 43.2 Å². The molecule has 1 nitrogen and oxygen atoms in total. The molecule has 0 amide bonds. The van der Waals surface area contributed by atoms with Crippen LogP contribution < -0.4 is 5.32 Å². The van der Waals surface area contributed by atoms with Crippen LogP contribution in [0.3, 0.4) is 0 Å². The predicted molar refractivity (Wildman–Crippen MR) is 64.1 cm³/mol. The van der Waals surface area contributed by atoms with E-state index in [4.69, 9.17) is 0 Å². The maximum Gasteiger partial charge on any atom is 0.0843 e. The van der Waals surface area contributed by atoms with Gasteiger partial charge in [-0.05, 0) is 50.3 Å². The quantitative estimate of drug-likeness (QED) is 0.892. The lowest BCUT2D eigenvalue weighted by Crippen LogP contribution is -2.16. The lowest BCUT2D eigenvalue weighted by Gasteiger charge is -1.98. The fourth-order valence-electron chi connectivity index (χ4n) is 1.32. The summed E-state index contributed by atoms with van der Waals surface area (Å²) in [6.07, 6.45) is 1.34. The first-order valence-corrected chi connectivity index (χ1v) is 6.74. The smallest absolute Gasteiger partial charge is 0.0843 e. The Labute approximate surface area is 99.2 Å². The second-order valence-corrected chi connectivity index (χ2v) is 6.84. The molecule has 13 heavy (non-hydrogen) atoms. The van der Waals surface area contributed by atoms with Crippen LogP contribution in [-0.2, 0) is 6.54 Å². The van der Waals surface area contributed by atoms with Gasteiger partial charge >= 0.3 is 0 Å². The van der Waals surface area contributed by atoms with Crippen molar-refractivity contribution in [3.05, 3.63) is 19.2 Å². The molecule has 0 bridgehead atoms. The molecule has 1 fully saturated rings. The number of hydrogen-bond donors (Lipinski definition) is 1. The number of halogens is 2. The van der Waals surface area contributed by atoms with E-state index in [9.17, 15) is 0 Å². The molecule has 1 N–H and O–H groups in total. The monoisotopic (exact) mass is 323 g/mol. The molecule has 0 saturated heterocycles. The van der Waals surface area contributed by atoms with Gasteiger partial charge in [-0.2, -0.15) is 0 Å². The Balaban J connectivity index is 1.87. The van der Waals surface area contributed by atoms with E-state index in [2.05, 4.69) is 50.2 Å². The molecule has 72 valence electrons. The van der Waals surface area contributed by atoms with E-state index < -0.39 is 0 Å². The first kappa shape index (κ1) is 10.1. The predicted octanol–water partition coefficient (Wildman–Crippen LogP) is 3.77. The Morgan fingerprint density at radius 1 is 1.62 bits per heavy atom. The fourth-order valence-corrected chi connectivity index (χ4v) is 3.44. The molecule has 0 spiro atoms. The number of thiophene rings is 1. The third kappa shape index (κ3) is 2.55. The summed E-state index contributed by atoms with van der Waals surface area (Å²) in [6, 6.07) is 2.94. The molecule has 0 aromatic carbocycles. The van der Waals surface area contributed by atoms with Crippen LogP contribution in [-0.4, -0.2) is 6.04 Å². The van der Waals surface area contributed by atoms with Gasteiger partial charge in [0.1, 0.15) is 0 Å². The Bertz CT molecular complexity index is 291. The zero-order valence-electron chi connectivity index (χ0n) is 7.31. The van der Waals surface area contributed by atoms with Crippen LogP contribution in [0, 0.1) is 5.92 Å². The summed E-state index contributed by atoms with van der Waals surface area (Å²) in [4.78, 5) is 1.39. The number of hydrogen-bond acceptors (Lipinski definition) is 2. The molecule has 4 heteroatoms. The van der Waals surface area contributed by atoms with Gasteiger partial charge in [-0.25, -0.2) is 0 Å². The molecule has 2 rings (SSSR count). The van der Waals surface area contributed by atoms with Crippen molar-refractivity contribution in [3.8, 4) is 0 Å². The summed E-state index contributed by atoms with van der Waals surface area (Å²) in [5, 5.41) is 3.53. The third-order valence-electron chi connectivity index (χ3n) is 2.34. The Morgan fingerprint density at radius 3 is 2.77 bits per heavy atom. The van der Waals surface area contributed by atoms with Crippen molar-refractivity contribution in [2.24, 2.45) is 5.92 Å². The standard InChI is InChI=1S/C9H11Br2NS/c1-5-2-8(5)12-4-6-3-7(10)9(11)13-6/h3,5,8,12H,2,4H2,1H3. The fraction of sp³-hybridized carbons (Fsp3) is 0.556. The average Bonchev–Trinajstić information content (AvgIpc) is 2.68. The highest BCUT2D eigenvalue weighted by Gasteiger charge is 2.31. The second-order valence-electron chi connectivity index (χ2n) is 3.53. The zero-order chi connectivity index (χ0) is 9.42. The van der Waals surface area contributed by atoms with Crippen molar-refractivity contribution in [3.63, 3.8) is 0 Å². The van der Waals surface area contributed by atoms with E-state index in [1.807, 2.05) is 0 Å². The number of rotatable bonds is 3. The van der Waals surface area contributed by atoms with Gasteiger partial charge in [-0.15, -0.1) is 11.3 Å². The molecular formula is C9H11Br2NS. The lowest BCUT2D eigenvalue weighted by molar-refractivity contribution is 0.658. The Hall–Kier alpha value is 0.620. The summed E-state index contributed by atoms with van der Waals surface area (Å²) in [5.41, 5.74) is 0. The average molecular weight is 325 g/mol. The molecular weight excluding hydrogens is 314 g/mol. The minimum atomic E-state index is 0.764. The van der Waals surface area contributed by atoms with Crippen molar-refractivity contribution in [1.82, 2.24) is 5.32 Å². The van der Waals surface area contributed by atoms with E-state index >= 15 is 0 Å². The van der Waals surface area contributed by atoms with Crippen LogP contribution in [0.4, 0.5) is 0 Å². The van der Waals surface area contributed by atoms with Crippen molar-refractivity contribution in [2.45, 2.75) is 25.9 Å². The minimum Gasteiger partial charge on any atom is -0.309 e. The maximum atomic E-state index is 3.53. The number of nitrogens with one attached hydrogen (secondary N) is 1. The van der Waals surface area contributed by atoms with Crippen molar-refractivity contribution in [2.75, 3.05) is 0 Å². The SMILES string of the molecule is CC1CC1NCc1cc(Br)c(Br)s1. The van der Waals surface area contributed by atoms with Crippen LogP contribution in [0.5, 0.6) is 0 Å². The van der Waals surface area contributed by atoms with Gasteiger partial charge in [0, 0.05) is 21.9 Å². The van der Waals surface area contributed by atoms with Crippen LogP contribution in [0.1, 0.15) is 18.2 Å². The van der Waals surface area contributed by atoms with Crippen molar-refractivity contribution in [1.29, 1.82) is 0 Å². The van der Waals surface area contributed by atoms with Gasteiger partial charge in [-0.1, -0.05) is 6.92 Å².